The topological polar surface area (TPSA) is 75.7 Å². The lowest BCUT2D eigenvalue weighted by Crippen LogP contribution is -2.62. The van der Waals surface area contributed by atoms with Crippen molar-refractivity contribution in [1.82, 2.24) is 10.2 Å². The van der Waals surface area contributed by atoms with Gasteiger partial charge in [0.15, 0.2) is 0 Å². The lowest BCUT2D eigenvalue weighted by Gasteiger charge is -2.37. The molecular formula is C16H19FN2O4. The minimum absolute atomic E-state index is 0.174. The number of esters is 1. The number of hydrogen-bond acceptors (Lipinski definition) is 4. The fourth-order valence-corrected chi connectivity index (χ4v) is 2.41. The first-order chi connectivity index (χ1) is 10.9. The van der Waals surface area contributed by atoms with Crippen molar-refractivity contribution in [2.24, 2.45) is 0 Å². The molecule has 2 rings (SSSR count). The largest absolute Gasteiger partial charge is 0.466 e. The smallest absolute Gasteiger partial charge is 0.308 e. The van der Waals surface area contributed by atoms with Gasteiger partial charge in [0, 0.05) is 6.54 Å². The molecule has 2 amide bonds. The maximum atomic E-state index is 13.0. The first-order valence-corrected chi connectivity index (χ1v) is 7.43. The van der Waals surface area contributed by atoms with E-state index in [-0.39, 0.29) is 37.2 Å². The van der Waals surface area contributed by atoms with Crippen molar-refractivity contribution >= 4 is 17.8 Å². The second-order valence-electron chi connectivity index (χ2n) is 5.34. The summed E-state index contributed by atoms with van der Waals surface area (Å²) in [4.78, 5) is 37.5. The fourth-order valence-electron chi connectivity index (χ4n) is 2.41. The van der Waals surface area contributed by atoms with Crippen LogP contribution in [0.4, 0.5) is 4.39 Å². The maximum absolute atomic E-state index is 13.0. The molecule has 1 N–H and O–H groups in total. The molecule has 1 fully saturated rings. The minimum Gasteiger partial charge on any atom is -0.466 e. The Morgan fingerprint density at radius 1 is 1.30 bits per heavy atom. The Morgan fingerprint density at radius 2 is 1.96 bits per heavy atom. The number of carbonyl (C=O) groups excluding carboxylic acids is 3. The fraction of sp³-hybridized carbons (Fsp3) is 0.438. The Kier molecular flexibility index (Phi) is 5.31. The van der Waals surface area contributed by atoms with Crippen molar-refractivity contribution in [3.8, 4) is 0 Å². The monoisotopic (exact) mass is 322 g/mol. The van der Waals surface area contributed by atoms with E-state index in [1.165, 1.54) is 17.0 Å². The molecule has 2 atom stereocenters. The highest BCUT2D eigenvalue weighted by atomic mass is 19.1. The van der Waals surface area contributed by atoms with Gasteiger partial charge < -0.3 is 15.0 Å². The van der Waals surface area contributed by atoms with E-state index < -0.39 is 18.1 Å². The average Bonchev–Trinajstić information content (AvgIpc) is 2.51. The maximum Gasteiger partial charge on any atom is 0.308 e. The number of rotatable bonds is 5. The Bertz CT molecular complexity index is 603. The molecule has 0 spiro atoms. The average molecular weight is 322 g/mol. The van der Waals surface area contributed by atoms with Gasteiger partial charge in [-0.05, 0) is 31.5 Å². The van der Waals surface area contributed by atoms with E-state index in [2.05, 4.69) is 5.32 Å². The number of nitrogens with zero attached hydrogens (tertiary/aromatic N) is 1. The molecule has 0 unspecified atom stereocenters. The quantitative estimate of drug-likeness (QED) is 0.821. The molecule has 124 valence electrons. The molecule has 0 aromatic heterocycles. The third kappa shape index (κ3) is 4.06. The van der Waals surface area contributed by atoms with E-state index in [9.17, 15) is 18.8 Å². The minimum atomic E-state index is -0.932. The molecule has 7 heteroatoms. The third-order valence-electron chi connectivity index (χ3n) is 3.69. The highest BCUT2D eigenvalue weighted by Gasteiger charge is 2.39. The normalized spacial score (nSPS) is 21.1. The number of nitrogens with one attached hydrogen (secondary N) is 1. The summed E-state index contributed by atoms with van der Waals surface area (Å²) in [5.74, 6) is -1.59. The molecule has 23 heavy (non-hydrogen) atoms. The van der Waals surface area contributed by atoms with Crippen LogP contribution in [-0.2, 0) is 25.7 Å². The first kappa shape index (κ1) is 16.9. The molecule has 6 nitrogen and oxygen atoms in total. The van der Waals surface area contributed by atoms with Crippen molar-refractivity contribution in [2.75, 3.05) is 6.61 Å². The van der Waals surface area contributed by atoms with Crippen molar-refractivity contribution in [2.45, 2.75) is 38.9 Å². The van der Waals surface area contributed by atoms with E-state index in [0.717, 1.165) is 0 Å². The van der Waals surface area contributed by atoms with Crippen LogP contribution in [0.5, 0.6) is 0 Å². The SMILES string of the molecule is CCOC(=O)C[C@@H]1NC(=O)[C@@H](C)N(Cc2ccc(F)cc2)C1=O. The molecule has 1 aliphatic heterocycles. The molecule has 1 aliphatic rings. The molecule has 1 saturated heterocycles. The van der Waals surface area contributed by atoms with Crippen LogP contribution in [0.3, 0.4) is 0 Å². The molecule has 1 heterocycles. The van der Waals surface area contributed by atoms with Gasteiger partial charge in [0.25, 0.3) is 0 Å². The van der Waals surface area contributed by atoms with Crippen LogP contribution >= 0.6 is 0 Å². The summed E-state index contributed by atoms with van der Waals surface area (Å²) in [5.41, 5.74) is 0.705. The zero-order chi connectivity index (χ0) is 17.0. The van der Waals surface area contributed by atoms with Crippen LogP contribution in [0.2, 0.25) is 0 Å². The summed E-state index contributed by atoms with van der Waals surface area (Å²) in [5, 5.41) is 2.54. The highest BCUT2D eigenvalue weighted by Crippen LogP contribution is 2.17. The van der Waals surface area contributed by atoms with Crippen LogP contribution < -0.4 is 5.32 Å². The summed E-state index contributed by atoms with van der Waals surface area (Å²) in [6.07, 6.45) is -0.203. The molecule has 0 bridgehead atoms. The van der Waals surface area contributed by atoms with Crippen LogP contribution in [0.25, 0.3) is 0 Å². The molecule has 1 aromatic carbocycles. The van der Waals surface area contributed by atoms with E-state index in [4.69, 9.17) is 4.74 Å². The summed E-state index contributed by atoms with van der Waals surface area (Å²) in [7, 11) is 0. The van der Waals surface area contributed by atoms with Gasteiger partial charge in [0.1, 0.15) is 17.9 Å². The summed E-state index contributed by atoms with van der Waals surface area (Å²) in [6.45, 7) is 3.66. The molecular weight excluding hydrogens is 303 g/mol. The second-order valence-corrected chi connectivity index (χ2v) is 5.34. The second kappa shape index (κ2) is 7.21. The zero-order valence-corrected chi connectivity index (χ0v) is 13.0. The van der Waals surface area contributed by atoms with Gasteiger partial charge in [-0.1, -0.05) is 12.1 Å². The molecule has 1 aromatic rings. The third-order valence-corrected chi connectivity index (χ3v) is 3.69. The van der Waals surface area contributed by atoms with Crippen molar-refractivity contribution in [1.29, 1.82) is 0 Å². The van der Waals surface area contributed by atoms with E-state index >= 15 is 0 Å². The van der Waals surface area contributed by atoms with Gasteiger partial charge in [-0.2, -0.15) is 0 Å². The number of benzene rings is 1. The zero-order valence-electron chi connectivity index (χ0n) is 13.0. The Hall–Kier alpha value is -2.44. The van der Waals surface area contributed by atoms with Crippen LogP contribution in [0, 0.1) is 5.82 Å². The summed E-state index contributed by atoms with van der Waals surface area (Å²) < 4.78 is 17.8. The predicted molar refractivity (Wildman–Crippen MR) is 79.6 cm³/mol. The number of piperazine rings is 1. The predicted octanol–water partition coefficient (Wildman–Crippen LogP) is 0.994. The van der Waals surface area contributed by atoms with E-state index in [1.807, 2.05) is 0 Å². The Morgan fingerprint density at radius 3 is 2.57 bits per heavy atom. The number of carbonyl (C=O) groups is 3. The number of amides is 2. The molecule has 0 radical (unpaired) electrons. The Balaban J connectivity index is 2.12. The number of ether oxygens (including phenoxy) is 1. The van der Waals surface area contributed by atoms with E-state index in [0.29, 0.717) is 5.56 Å². The number of hydrogen-bond donors (Lipinski definition) is 1. The molecule has 0 aliphatic carbocycles. The van der Waals surface area contributed by atoms with E-state index in [1.54, 1.807) is 26.0 Å². The lowest BCUT2D eigenvalue weighted by molar-refractivity contribution is -0.154. The standard InChI is InChI=1S/C16H19FN2O4/c1-3-23-14(20)8-13-16(22)19(10(2)15(21)18-13)9-11-4-6-12(17)7-5-11/h4-7,10,13H,3,8-9H2,1-2H3,(H,18,21)/t10-,13+/m1/s1. The van der Waals surface area contributed by atoms with Crippen molar-refractivity contribution in [3.63, 3.8) is 0 Å². The van der Waals surface area contributed by atoms with Crippen LogP contribution in [-0.4, -0.2) is 41.4 Å². The van der Waals surface area contributed by atoms with Gasteiger partial charge in [-0.15, -0.1) is 0 Å². The molecule has 0 saturated carbocycles. The van der Waals surface area contributed by atoms with Crippen LogP contribution in [0.15, 0.2) is 24.3 Å². The summed E-state index contributed by atoms with van der Waals surface area (Å²) >= 11 is 0. The van der Waals surface area contributed by atoms with Gasteiger partial charge in [-0.3, -0.25) is 14.4 Å². The summed E-state index contributed by atoms with van der Waals surface area (Å²) in [6, 6.07) is 4.11. The van der Waals surface area contributed by atoms with Gasteiger partial charge >= 0.3 is 5.97 Å². The first-order valence-electron chi connectivity index (χ1n) is 7.43. The van der Waals surface area contributed by atoms with Gasteiger partial charge in [0.2, 0.25) is 11.8 Å². The van der Waals surface area contributed by atoms with Crippen molar-refractivity contribution < 1.29 is 23.5 Å². The van der Waals surface area contributed by atoms with Crippen LogP contribution in [0.1, 0.15) is 25.8 Å². The lowest BCUT2D eigenvalue weighted by atomic mass is 10.0. The Labute approximate surface area is 133 Å². The van der Waals surface area contributed by atoms with Crippen molar-refractivity contribution in [3.05, 3.63) is 35.6 Å². The highest BCUT2D eigenvalue weighted by molar-refractivity contribution is 5.98. The van der Waals surface area contributed by atoms with Gasteiger partial charge in [0.05, 0.1) is 13.0 Å². The van der Waals surface area contributed by atoms with Gasteiger partial charge in [-0.25, -0.2) is 4.39 Å². The number of halogens is 1.